The molecular formula is C39H72N4O12S. The van der Waals surface area contributed by atoms with E-state index in [-0.39, 0.29) is 87.5 Å². The summed E-state index contributed by atoms with van der Waals surface area (Å²) in [6.45, 7) is 5.19. The first-order valence-corrected chi connectivity index (χ1v) is 21.0. The Morgan fingerprint density at radius 3 is 1.48 bits per heavy atom. The fourth-order valence-electron chi connectivity index (χ4n) is 5.43. The summed E-state index contributed by atoms with van der Waals surface area (Å²) in [5.74, 6) is -2.84. The molecule has 0 radical (unpaired) electrons. The third kappa shape index (κ3) is 38.1. The molecule has 16 nitrogen and oxygen atoms in total. The second-order valence-corrected chi connectivity index (χ2v) is 14.2. The number of carbonyl (C=O) groups is 6. The molecule has 6 N–H and O–H groups in total. The van der Waals surface area contributed by atoms with Crippen molar-refractivity contribution in [2.24, 2.45) is 0 Å². The largest absolute Gasteiger partial charge is 0.481 e. The second-order valence-electron chi connectivity index (χ2n) is 13.8. The number of hydrogen-bond acceptors (Lipinski definition) is 11. The molecule has 0 rings (SSSR count). The number of nitrogens with one attached hydrogen (secondary N) is 4. The molecule has 0 bridgehead atoms. The van der Waals surface area contributed by atoms with Crippen LogP contribution in [-0.2, 0) is 47.7 Å². The smallest absolute Gasteiger partial charge is 0.326 e. The van der Waals surface area contributed by atoms with E-state index in [4.69, 9.17) is 24.1 Å². The van der Waals surface area contributed by atoms with Crippen LogP contribution in [0, 0.1) is 0 Å². The van der Waals surface area contributed by atoms with Crippen molar-refractivity contribution in [1.29, 1.82) is 0 Å². The second kappa shape index (κ2) is 39.0. The number of unbranched alkanes of at least 4 members (excludes halogenated alkanes) is 13. The van der Waals surface area contributed by atoms with Crippen LogP contribution in [0.5, 0.6) is 0 Å². The van der Waals surface area contributed by atoms with Crippen molar-refractivity contribution >= 4 is 47.4 Å². The zero-order valence-electron chi connectivity index (χ0n) is 33.8. The van der Waals surface area contributed by atoms with Crippen LogP contribution in [0.25, 0.3) is 0 Å². The maximum atomic E-state index is 12.3. The molecule has 0 aliphatic rings. The van der Waals surface area contributed by atoms with Crippen molar-refractivity contribution in [2.75, 3.05) is 72.5 Å². The molecule has 3 amide bonds. The minimum Gasteiger partial charge on any atom is -0.481 e. The van der Waals surface area contributed by atoms with Crippen LogP contribution in [-0.4, -0.2) is 130 Å². The Labute approximate surface area is 339 Å². The van der Waals surface area contributed by atoms with Gasteiger partial charge in [-0.15, -0.1) is 12.6 Å². The lowest BCUT2D eigenvalue weighted by molar-refractivity contribution is -0.142. The van der Waals surface area contributed by atoms with E-state index < -0.39 is 18.0 Å². The van der Waals surface area contributed by atoms with Crippen molar-refractivity contribution in [3.05, 3.63) is 0 Å². The Kier molecular flexibility index (Phi) is 37.0. The fourth-order valence-corrected chi connectivity index (χ4v) is 5.53. The quantitative estimate of drug-likeness (QED) is 0.0344. The van der Waals surface area contributed by atoms with Crippen molar-refractivity contribution in [2.45, 2.75) is 141 Å². The molecule has 2 atom stereocenters. The Morgan fingerprint density at radius 2 is 0.982 bits per heavy atom. The van der Waals surface area contributed by atoms with Crippen LogP contribution in [0.4, 0.5) is 0 Å². The van der Waals surface area contributed by atoms with Gasteiger partial charge < -0.3 is 50.4 Å². The van der Waals surface area contributed by atoms with Gasteiger partial charge in [-0.05, 0) is 39.2 Å². The molecule has 326 valence electrons. The third-order valence-corrected chi connectivity index (χ3v) is 9.13. The van der Waals surface area contributed by atoms with Crippen LogP contribution in [0.3, 0.4) is 0 Å². The lowest BCUT2D eigenvalue weighted by Gasteiger charge is -2.14. The molecule has 0 saturated carbocycles. The minimum absolute atomic E-state index is 0.0163. The van der Waals surface area contributed by atoms with E-state index in [0.29, 0.717) is 45.9 Å². The van der Waals surface area contributed by atoms with E-state index in [1.54, 1.807) is 6.92 Å². The number of carboxylic acid groups (broad SMARTS) is 2. The van der Waals surface area contributed by atoms with E-state index in [0.717, 1.165) is 44.9 Å². The van der Waals surface area contributed by atoms with Crippen LogP contribution >= 0.6 is 12.6 Å². The lowest BCUT2D eigenvalue weighted by atomic mass is 10.0. The van der Waals surface area contributed by atoms with E-state index in [9.17, 15) is 33.9 Å². The topological polar surface area (TPSA) is 228 Å². The number of aliphatic carboxylic acids is 2. The lowest BCUT2D eigenvalue weighted by Crippen LogP contribution is -2.41. The Balaban J connectivity index is 3.63. The summed E-state index contributed by atoms with van der Waals surface area (Å²) in [6, 6.07) is -1.41. The summed E-state index contributed by atoms with van der Waals surface area (Å²) in [7, 11) is 0. The van der Waals surface area contributed by atoms with Gasteiger partial charge in [-0.1, -0.05) is 77.0 Å². The summed E-state index contributed by atoms with van der Waals surface area (Å²) in [6.07, 6.45) is 16.3. The molecule has 0 aromatic carbocycles. The van der Waals surface area contributed by atoms with E-state index in [2.05, 4.69) is 33.9 Å². The Hall–Kier alpha value is -2.83. The van der Waals surface area contributed by atoms with Gasteiger partial charge in [0.15, 0.2) is 0 Å². The van der Waals surface area contributed by atoms with Gasteiger partial charge in [0.1, 0.15) is 12.6 Å². The molecule has 56 heavy (non-hydrogen) atoms. The molecule has 0 aromatic heterocycles. The highest BCUT2D eigenvalue weighted by molar-refractivity contribution is 7.96. The van der Waals surface area contributed by atoms with Gasteiger partial charge in [0, 0.05) is 39.0 Å². The maximum absolute atomic E-state index is 12.3. The van der Waals surface area contributed by atoms with Crippen LogP contribution < -0.4 is 21.3 Å². The normalized spacial score (nSPS) is 12.2. The first-order chi connectivity index (χ1) is 27.0. The van der Waals surface area contributed by atoms with Crippen LogP contribution in [0.2, 0.25) is 0 Å². The predicted molar refractivity (Wildman–Crippen MR) is 216 cm³/mol. The number of carbonyl (C=O) groups excluding carboxylic acids is 4. The highest BCUT2D eigenvalue weighted by atomic mass is 32.1. The van der Waals surface area contributed by atoms with Gasteiger partial charge in [-0.25, -0.2) is 4.79 Å². The fraction of sp³-hybridized carbons (Fsp3) is 0.846. The summed E-state index contributed by atoms with van der Waals surface area (Å²) in [5, 5.41) is 28.9. The molecule has 0 heterocycles. The van der Waals surface area contributed by atoms with E-state index in [1.165, 1.54) is 44.9 Å². The molecule has 0 fully saturated rings. The third-order valence-electron chi connectivity index (χ3n) is 8.74. The minimum atomic E-state index is -1.18. The number of hydrogen-bond donors (Lipinski definition) is 7. The maximum Gasteiger partial charge on any atom is 0.326 e. The van der Waals surface area contributed by atoms with Gasteiger partial charge in [0.2, 0.25) is 22.8 Å². The number of carboxylic acids is 2. The first kappa shape index (κ1) is 53.2. The molecule has 0 spiro atoms. The summed E-state index contributed by atoms with van der Waals surface area (Å²) >= 11 is 3.76. The molecule has 0 aliphatic carbocycles. The molecule has 0 unspecified atom stereocenters. The van der Waals surface area contributed by atoms with E-state index in [1.807, 2.05) is 0 Å². The van der Waals surface area contributed by atoms with Gasteiger partial charge in [0.05, 0.1) is 45.7 Å². The standard InChI is InChI=1S/C39H72N4O12S/c1-32(39(51)56)40-21-16-24-52-27-28-53-26-23-42-36(46)31-55-30-29-54-25-22-41-34(44)20-19-33(38(49)50)43-35(45)17-14-12-10-8-6-4-2-3-5-7-9-11-13-15-18-37(47)48/h32-33,40H,2-31H2,1H3,(H,41,44)(H,42,46)(H,43,45)(H,47,48)(H,49,50)(H,51,56)/t32-,33-/m0/s1. The Morgan fingerprint density at radius 1 is 0.518 bits per heavy atom. The first-order valence-electron chi connectivity index (χ1n) is 20.6. The molecule has 0 aromatic rings. The predicted octanol–water partition coefficient (Wildman–Crippen LogP) is 3.79. The van der Waals surface area contributed by atoms with Gasteiger partial charge >= 0.3 is 11.9 Å². The number of ether oxygens (including phenoxy) is 4. The highest BCUT2D eigenvalue weighted by Crippen LogP contribution is 2.14. The molecule has 0 saturated heterocycles. The average Bonchev–Trinajstić information content (AvgIpc) is 3.15. The molecular weight excluding hydrogens is 749 g/mol. The zero-order valence-corrected chi connectivity index (χ0v) is 34.7. The molecule has 0 aliphatic heterocycles. The number of amides is 3. The van der Waals surface area contributed by atoms with Crippen LogP contribution in [0.1, 0.15) is 129 Å². The molecule has 17 heteroatoms. The average molecular weight is 821 g/mol. The SMILES string of the molecule is C[C@H](NCCCOCCOCCNC(=O)COCCOCCNC(=O)CC[C@H](NC(=O)CCCCCCCCCCCCCCCCC(=O)O)C(=O)O)C(=O)S. The number of thiol groups is 1. The zero-order chi connectivity index (χ0) is 41.5. The van der Waals surface area contributed by atoms with Crippen molar-refractivity contribution in [3.63, 3.8) is 0 Å². The van der Waals surface area contributed by atoms with Crippen molar-refractivity contribution < 1.29 is 57.9 Å². The van der Waals surface area contributed by atoms with Gasteiger partial charge in [0.25, 0.3) is 0 Å². The van der Waals surface area contributed by atoms with Gasteiger partial charge in [-0.3, -0.25) is 24.0 Å². The van der Waals surface area contributed by atoms with Gasteiger partial charge in [-0.2, -0.15) is 0 Å². The highest BCUT2D eigenvalue weighted by Gasteiger charge is 2.20. The van der Waals surface area contributed by atoms with E-state index >= 15 is 0 Å². The van der Waals surface area contributed by atoms with Crippen molar-refractivity contribution in [3.8, 4) is 0 Å². The summed E-state index contributed by atoms with van der Waals surface area (Å²) in [5.41, 5.74) is 0. The van der Waals surface area contributed by atoms with Crippen LogP contribution in [0.15, 0.2) is 0 Å². The number of rotatable bonds is 42. The summed E-state index contributed by atoms with van der Waals surface area (Å²) < 4.78 is 21.5. The van der Waals surface area contributed by atoms with Crippen molar-refractivity contribution in [1.82, 2.24) is 21.3 Å². The Bertz CT molecular complexity index is 1060. The monoisotopic (exact) mass is 820 g/mol. The summed E-state index contributed by atoms with van der Waals surface area (Å²) in [4.78, 5) is 69.5.